The first kappa shape index (κ1) is 23.7. The second kappa shape index (κ2) is 11.1. The Morgan fingerprint density at radius 2 is 1.72 bits per heavy atom. The number of rotatable bonds is 10. The SMILES string of the molecule is CCCCCC(=O)N(CCC)[C@@H](C)c1nc2ccccc2c(=O)n1-c1ccc(CC)cc1. The molecular formula is C27H35N3O2. The lowest BCUT2D eigenvalue weighted by Crippen LogP contribution is -2.37. The van der Waals surface area contributed by atoms with Crippen molar-refractivity contribution in [3.63, 3.8) is 0 Å². The van der Waals surface area contributed by atoms with Crippen LogP contribution in [0.1, 0.15) is 77.2 Å². The number of para-hydroxylation sites is 1. The van der Waals surface area contributed by atoms with E-state index in [4.69, 9.17) is 4.98 Å². The van der Waals surface area contributed by atoms with Gasteiger partial charge in [-0.15, -0.1) is 0 Å². The molecule has 0 saturated heterocycles. The highest BCUT2D eigenvalue weighted by atomic mass is 16.2. The van der Waals surface area contributed by atoms with Crippen molar-refractivity contribution in [2.75, 3.05) is 6.54 Å². The first-order valence-corrected chi connectivity index (χ1v) is 11.9. The molecule has 0 aliphatic heterocycles. The second-order valence-corrected chi connectivity index (χ2v) is 8.37. The number of carbonyl (C=O) groups excluding carboxylic acids is 1. The number of benzene rings is 2. The monoisotopic (exact) mass is 433 g/mol. The Bertz CT molecular complexity index is 1100. The minimum absolute atomic E-state index is 0.100. The minimum Gasteiger partial charge on any atom is -0.333 e. The van der Waals surface area contributed by atoms with Gasteiger partial charge >= 0.3 is 0 Å². The van der Waals surface area contributed by atoms with Gasteiger partial charge in [-0.2, -0.15) is 0 Å². The van der Waals surface area contributed by atoms with Crippen LogP contribution in [0.25, 0.3) is 16.6 Å². The van der Waals surface area contributed by atoms with Crippen LogP contribution in [-0.4, -0.2) is 26.9 Å². The number of aryl methyl sites for hydroxylation is 1. The number of amides is 1. The molecule has 1 atom stereocenters. The highest BCUT2D eigenvalue weighted by Crippen LogP contribution is 2.24. The smallest absolute Gasteiger partial charge is 0.266 e. The van der Waals surface area contributed by atoms with Gasteiger partial charge in [0, 0.05) is 13.0 Å². The van der Waals surface area contributed by atoms with Gasteiger partial charge in [0.25, 0.3) is 5.56 Å². The molecule has 2 aromatic carbocycles. The highest BCUT2D eigenvalue weighted by molar-refractivity contribution is 5.79. The second-order valence-electron chi connectivity index (χ2n) is 8.37. The average molecular weight is 434 g/mol. The summed E-state index contributed by atoms with van der Waals surface area (Å²) in [5, 5.41) is 0.583. The van der Waals surface area contributed by atoms with E-state index in [-0.39, 0.29) is 17.5 Å². The van der Waals surface area contributed by atoms with Crippen molar-refractivity contribution in [3.05, 3.63) is 70.3 Å². The number of nitrogens with zero attached hydrogens (tertiary/aromatic N) is 3. The normalized spacial score (nSPS) is 12.1. The van der Waals surface area contributed by atoms with Crippen LogP contribution in [0.3, 0.4) is 0 Å². The maximum atomic E-state index is 13.6. The summed E-state index contributed by atoms with van der Waals surface area (Å²) in [4.78, 5) is 33.5. The molecule has 0 N–H and O–H groups in total. The summed E-state index contributed by atoms with van der Waals surface area (Å²) in [5.74, 6) is 0.735. The van der Waals surface area contributed by atoms with Crippen LogP contribution in [0.4, 0.5) is 0 Å². The van der Waals surface area contributed by atoms with Gasteiger partial charge < -0.3 is 4.90 Å². The van der Waals surface area contributed by atoms with Crippen molar-refractivity contribution >= 4 is 16.8 Å². The van der Waals surface area contributed by atoms with Crippen LogP contribution >= 0.6 is 0 Å². The molecule has 1 aromatic heterocycles. The van der Waals surface area contributed by atoms with E-state index < -0.39 is 0 Å². The van der Waals surface area contributed by atoms with E-state index in [2.05, 4.69) is 20.8 Å². The summed E-state index contributed by atoms with van der Waals surface area (Å²) in [6, 6.07) is 15.2. The molecule has 0 saturated carbocycles. The molecule has 0 spiro atoms. The first-order valence-electron chi connectivity index (χ1n) is 11.9. The standard InChI is InChI=1S/C27H35N3O2/c1-5-8-9-14-25(31)29(19-6-2)20(4)26-28-24-13-11-10-12-23(24)27(32)30(26)22-17-15-21(7-3)16-18-22/h10-13,15-18,20H,5-9,14,19H2,1-4H3/t20-/m0/s1. The largest absolute Gasteiger partial charge is 0.333 e. The fourth-order valence-corrected chi connectivity index (χ4v) is 4.14. The van der Waals surface area contributed by atoms with E-state index >= 15 is 0 Å². The van der Waals surface area contributed by atoms with E-state index in [1.54, 1.807) is 4.57 Å². The number of unbranched alkanes of at least 4 members (excludes halogenated alkanes) is 2. The Morgan fingerprint density at radius 3 is 2.38 bits per heavy atom. The predicted molar refractivity (Wildman–Crippen MR) is 131 cm³/mol. The summed E-state index contributed by atoms with van der Waals surface area (Å²) in [6.45, 7) is 8.95. The zero-order valence-corrected chi connectivity index (χ0v) is 19.8. The molecule has 0 radical (unpaired) electrons. The molecule has 5 heteroatoms. The average Bonchev–Trinajstić information content (AvgIpc) is 2.82. The molecule has 170 valence electrons. The van der Waals surface area contributed by atoms with Gasteiger partial charge in [0.05, 0.1) is 22.6 Å². The van der Waals surface area contributed by atoms with Crippen molar-refractivity contribution in [2.24, 2.45) is 0 Å². The molecule has 0 fully saturated rings. The van der Waals surface area contributed by atoms with Crippen molar-refractivity contribution in [2.45, 2.75) is 72.3 Å². The molecule has 0 bridgehead atoms. The van der Waals surface area contributed by atoms with Crippen LogP contribution in [-0.2, 0) is 11.2 Å². The third-order valence-electron chi connectivity index (χ3n) is 6.02. The Kier molecular flexibility index (Phi) is 8.20. The summed E-state index contributed by atoms with van der Waals surface area (Å²) >= 11 is 0. The maximum Gasteiger partial charge on any atom is 0.266 e. The van der Waals surface area contributed by atoms with Crippen LogP contribution < -0.4 is 5.56 Å². The first-order chi connectivity index (χ1) is 15.5. The highest BCUT2D eigenvalue weighted by Gasteiger charge is 2.26. The lowest BCUT2D eigenvalue weighted by Gasteiger charge is -2.30. The van der Waals surface area contributed by atoms with Gasteiger partial charge in [-0.1, -0.05) is 57.9 Å². The Balaban J connectivity index is 2.13. The van der Waals surface area contributed by atoms with Gasteiger partial charge in [0.1, 0.15) is 5.82 Å². The Hall–Kier alpha value is -2.95. The third-order valence-corrected chi connectivity index (χ3v) is 6.02. The molecular weight excluding hydrogens is 398 g/mol. The number of hydrogen-bond donors (Lipinski definition) is 0. The van der Waals surface area contributed by atoms with Crippen LogP contribution in [0, 0.1) is 0 Å². The molecule has 0 aliphatic carbocycles. The molecule has 5 nitrogen and oxygen atoms in total. The topological polar surface area (TPSA) is 55.2 Å². The van der Waals surface area contributed by atoms with E-state index in [0.717, 1.165) is 37.8 Å². The summed E-state index contributed by atoms with van der Waals surface area (Å²) in [6.07, 6.45) is 5.33. The lowest BCUT2D eigenvalue weighted by molar-refractivity contribution is -0.133. The van der Waals surface area contributed by atoms with E-state index in [1.807, 2.05) is 60.4 Å². The molecule has 32 heavy (non-hydrogen) atoms. The zero-order valence-electron chi connectivity index (χ0n) is 19.8. The minimum atomic E-state index is -0.313. The van der Waals surface area contributed by atoms with Crippen LogP contribution in [0.5, 0.6) is 0 Å². The lowest BCUT2D eigenvalue weighted by atomic mass is 10.1. The molecule has 3 aromatic rings. The summed E-state index contributed by atoms with van der Waals surface area (Å²) in [7, 11) is 0. The third kappa shape index (κ3) is 5.09. The number of carbonyl (C=O) groups is 1. The van der Waals surface area contributed by atoms with Gasteiger partial charge in [-0.25, -0.2) is 4.98 Å². The predicted octanol–water partition coefficient (Wildman–Crippen LogP) is 5.83. The fourth-order valence-electron chi connectivity index (χ4n) is 4.14. The number of hydrogen-bond acceptors (Lipinski definition) is 3. The van der Waals surface area contributed by atoms with Crippen molar-refractivity contribution in [1.29, 1.82) is 0 Å². The van der Waals surface area contributed by atoms with Crippen molar-refractivity contribution in [1.82, 2.24) is 14.5 Å². The van der Waals surface area contributed by atoms with E-state index in [1.165, 1.54) is 5.56 Å². The van der Waals surface area contributed by atoms with Gasteiger partial charge in [0.2, 0.25) is 5.91 Å². The quantitative estimate of drug-likeness (QED) is 0.378. The van der Waals surface area contributed by atoms with Gasteiger partial charge in [0.15, 0.2) is 0 Å². The van der Waals surface area contributed by atoms with Gasteiger partial charge in [-0.3, -0.25) is 14.2 Å². The van der Waals surface area contributed by atoms with E-state index in [9.17, 15) is 9.59 Å². The molecule has 0 unspecified atom stereocenters. The summed E-state index contributed by atoms with van der Waals surface area (Å²) < 4.78 is 1.69. The van der Waals surface area contributed by atoms with E-state index in [0.29, 0.717) is 29.7 Å². The Labute approximate surface area is 191 Å². The van der Waals surface area contributed by atoms with Crippen LogP contribution in [0.2, 0.25) is 0 Å². The molecule has 1 amide bonds. The van der Waals surface area contributed by atoms with Crippen molar-refractivity contribution < 1.29 is 4.79 Å². The van der Waals surface area contributed by atoms with Crippen LogP contribution in [0.15, 0.2) is 53.3 Å². The summed E-state index contributed by atoms with van der Waals surface area (Å²) in [5.41, 5.74) is 2.55. The Morgan fingerprint density at radius 1 is 1.00 bits per heavy atom. The van der Waals surface area contributed by atoms with Crippen molar-refractivity contribution in [3.8, 4) is 5.69 Å². The fraction of sp³-hybridized carbons (Fsp3) is 0.444. The number of fused-ring (bicyclic) bond motifs is 1. The molecule has 1 heterocycles. The maximum absolute atomic E-state index is 13.6. The molecule has 3 rings (SSSR count). The zero-order chi connectivity index (χ0) is 23.1. The molecule has 0 aliphatic rings. The van der Waals surface area contributed by atoms with Gasteiger partial charge in [-0.05, 0) is 56.0 Å². The number of aromatic nitrogens is 2.